The molecule has 1 fully saturated rings. The van der Waals surface area contributed by atoms with Crippen molar-refractivity contribution in [2.75, 3.05) is 18.2 Å². The number of halogens is 2. The first kappa shape index (κ1) is 22.1. The Balaban J connectivity index is 1.89. The van der Waals surface area contributed by atoms with E-state index in [4.69, 9.17) is 5.11 Å². The van der Waals surface area contributed by atoms with Gasteiger partial charge in [-0.1, -0.05) is 18.2 Å². The Bertz CT molecular complexity index is 1020. The van der Waals surface area contributed by atoms with Crippen molar-refractivity contribution in [2.45, 2.75) is 36.6 Å². The highest BCUT2D eigenvalue weighted by Gasteiger charge is 2.34. The molecule has 0 bridgehead atoms. The van der Waals surface area contributed by atoms with Crippen molar-refractivity contribution in [3.63, 3.8) is 0 Å². The molecule has 1 aliphatic carbocycles. The van der Waals surface area contributed by atoms with Crippen LogP contribution in [-0.2, 0) is 21.2 Å². The van der Waals surface area contributed by atoms with Crippen LogP contribution < -0.4 is 5.32 Å². The molecule has 10 heteroatoms. The van der Waals surface area contributed by atoms with Crippen LogP contribution >= 0.6 is 0 Å². The summed E-state index contributed by atoms with van der Waals surface area (Å²) in [6.07, 6.45) is 1.01. The average Bonchev–Trinajstić information content (AvgIpc) is 3.25. The molecule has 7 nitrogen and oxygen atoms in total. The first-order chi connectivity index (χ1) is 14.2. The number of rotatable bonds is 7. The molecule has 0 radical (unpaired) electrons. The topological polar surface area (TPSA) is 101 Å². The number of sulfone groups is 1. The van der Waals surface area contributed by atoms with Crippen molar-refractivity contribution in [3.8, 4) is 0 Å². The molecule has 0 saturated heterocycles. The van der Waals surface area contributed by atoms with E-state index in [9.17, 15) is 22.0 Å². The highest BCUT2D eigenvalue weighted by molar-refractivity contribution is 7.90. The van der Waals surface area contributed by atoms with E-state index in [-0.39, 0.29) is 42.3 Å². The summed E-state index contributed by atoms with van der Waals surface area (Å²) in [6, 6.07) is 7.29. The quantitative estimate of drug-likeness (QED) is 0.645. The molecular weight excluding hydrogens is 416 g/mol. The zero-order valence-electron chi connectivity index (χ0n) is 16.3. The zero-order chi connectivity index (χ0) is 21.9. The SMILES string of the molecule is CS(=O)(=O)c1ccc(/C(=C\[C@H]2C[C@@H](F)[C@@H](F)C2)C(=O)Nc2ccn(CCO)n2)cc1. The molecule has 1 saturated carbocycles. The van der Waals surface area contributed by atoms with E-state index in [2.05, 4.69) is 10.4 Å². The zero-order valence-corrected chi connectivity index (χ0v) is 17.1. The summed E-state index contributed by atoms with van der Waals surface area (Å²) in [4.78, 5) is 13.0. The van der Waals surface area contributed by atoms with Gasteiger partial charge in [-0.25, -0.2) is 17.2 Å². The third-order valence-corrected chi connectivity index (χ3v) is 6.03. The first-order valence-electron chi connectivity index (χ1n) is 9.43. The number of benzene rings is 1. The first-order valence-corrected chi connectivity index (χ1v) is 11.3. The van der Waals surface area contributed by atoms with Crippen molar-refractivity contribution in [1.82, 2.24) is 9.78 Å². The summed E-state index contributed by atoms with van der Waals surface area (Å²) >= 11 is 0. The maximum absolute atomic E-state index is 13.6. The van der Waals surface area contributed by atoms with Gasteiger partial charge >= 0.3 is 0 Å². The summed E-state index contributed by atoms with van der Waals surface area (Å²) in [6.45, 7) is 0.159. The second-order valence-corrected chi connectivity index (χ2v) is 9.30. The van der Waals surface area contributed by atoms with Gasteiger partial charge in [-0.15, -0.1) is 0 Å². The predicted octanol–water partition coefficient (Wildman–Crippen LogP) is 2.39. The highest BCUT2D eigenvalue weighted by Crippen LogP contribution is 2.34. The Kier molecular flexibility index (Phi) is 6.67. The van der Waals surface area contributed by atoms with Crippen molar-refractivity contribution in [3.05, 3.63) is 48.2 Å². The molecule has 1 aliphatic rings. The number of alkyl halides is 2. The van der Waals surface area contributed by atoms with Crippen molar-refractivity contribution >= 4 is 27.1 Å². The summed E-state index contributed by atoms with van der Waals surface area (Å²) < 4.78 is 52.1. The van der Waals surface area contributed by atoms with Crippen molar-refractivity contribution in [1.29, 1.82) is 0 Å². The number of aliphatic hydroxyl groups excluding tert-OH is 1. The Morgan fingerprint density at radius 1 is 1.23 bits per heavy atom. The highest BCUT2D eigenvalue weighted by atomic mass is 32.2. The number of aromatic nitrogens is 2. The summed E-state index contributed by atoms with van der Waals surface area (Å²) in [5.41, 5.74) is 0.602. The fourth-order valence-corrected chi connectivity index (χ4v) is 4.00. The summed E-state index contributed by atoms with van der Waals surface area (Å²) in [7, 11) is -3.41. The normalized spacial score (nSPS) is 22.3. The lowest BCUT2D eigenvalue weighted by Gasteiger charge is -2.11. The van der Waals surface area contributed by atoms with Gasteiger partial charge in [0.15, 0.2) is 15.7 Å². The second kappa shape index (κ2) is 9.05. The Morgan fingerprint density at radius 2 is 1.87 bits per heavy atom. The fraction of sp³-hybridized carbons (Fsp3) is 0.400. The van der Waals surface area contributed by atoms with Gasteiger partial charge in [0.05, 0.1) is 18.0 Å². The number of hydrogen-bond acceptors (Lipinski definition) is 5. The summed E-state index contributed by atoms with van der Waals surface area (Å²) in [5.74, 6) is -0.739. The van der Waals surface area contributed by atoms with E-state index in [0.717, 1.165) is 6.26 Å². The number of nitrogens with one attached hydrogen (secondary N) is 1. The van der Waals surface area contributed by atoms with Gasteiger partial charge in [-0.05, 0) is 36.5 Å². The van der Waals surface area contributed by atoms with Gasteiger partial charge in [0.2, 0.25) is 0 Å². The van der Waals surface area contributed by atoms with Crippen LogP contribution in [0.5, 0.6) is 0 Å². The van der Waals surface area contributed by atoms with E-state index in [0.29, 0.717) is 5.56 Å². The Morgan fingerprint density at radius 3 is 2.43 bits per heavy atom. The van der Waals surface area contributed by atoms with Crippen LogP contribution in [0.15, 0.2) is 47.5 Å². The largest absolute Gasteiger partial charge is 0.394 e. The third-order valence-electron chi connectivity index (χ3n) is 4.90. The molecular formula is C20H23F2N3O4S. The van der Waals surface area contributed by atoms with Crippen LogP contribution in [0.4, 0.5) is 14.6 Å². The monoisotopic (exact) mass is 439 g/mol. The number of aliphatic hydroxyl groups is 1. The minimum atomic E-state index is -3.41. The van der Waals surface area contributed by atoms with Gasteiger partial charge in [-0.2, -0.15) is 5.10 Å². The Hall–Kier alpha value is -2.59. The van der Waals surface area contributed by atoms with Gasteiger partial charge in [0.1, 0.15) is 12.3 Å². The number of nitrogens with zero attached hydrogens (tertiary/aromatic N) is 2. The van der Waals surface area contributed by atoms with E-state index < -0.39 is 34.0 Å². The maximum atomic E-state index is 13.6. The molecule has 3 rings (SSSR count). The third kappa shape index (κ3) is 5.31. The predicted molar refractivity (Wildman–Crippen MR) is 108 cm³/mol. The number of hydrogen-bond donors (Lipinski definition) is 2. The molecule has 0 spiro atoms. The molecule has 162 valence electrons. The summed E-state index contributed by atoms with van der Waals surface area (Å²) in [5, 5.41) is 15.7. The van der Waals surface area contributed by atoms with Crippen LogP contribution in [0.1, 0.15) is 18.4 Å². The number of amides is 1. The molecule has 3 atom stereocenters. The maximum Gasteiger partial charge on any atom is 0.257 e. The molecule has 1 aromatic heterocycles. The van der Waals surface area contributed by atoms with Crippen LogP contribution in [0.2, 0.25) is 0 Å². The van der Waals surface area contributed by atoms with Crippen molar-refractivity contribution < 1.29 is 27.1 Å². The number of anilines is 1. The molecule has 1 aromatic carbocycles. The molecule has 30 heavy (non-hydrogen) atoms. The molecule has 1 amide bonds. The standard InChI is InChI=1S/C20H23F2N3O4S/c1-30(28,29)15-4-2-14(3-5-15)16(10-13-11-17(21)18(22)12-13)20(27)23-19-6-7-25(24-19)8-9-26/h2-7,10,13,17-18,26H,8-9,11-12H2,1H3,(H,23,24,27)/b16-10+/t13-,17+,18-. The van der Waals surface area contributed by atoms with E-state index in [1.54, 1.807) is 12.3 Å². The van der Waals surface area contributed by atoms with Crippen molar-refractivity contribution in [2.24, 2.45) is 5.92 Å². The minimum absolute atomic E-state index is 0.0233. The van der Waals surface area contributed by atoms with Crippen LogP contribution in [0.25, 0.3) is 5.57 Å². The molecule has 1 heterocycles. The number of carbonyl (C=O) groups excluding carboxylic acids is 1. The van der Waals surface area contributed by atoms with E-state index in [1.807, 2.05) is 0 Å². The smallest absolute Gasteiger partial charge is 0.257 e. The lowest BCUT2D eigenvalue weighted by Crippen LogP contribution is -2.16. The van der Waals surface area contributed by atoms with Gasteiger partial charge in [0.25, 0.3) is 5.91 Å². The van der Waals surface area contributed by atoms with Crippen LogP contribution in [0, 0.1) is 5.92 Å². The van der Waals surface area contributed by atoms with Gasteiger partial charge < -0.3 is 10.4 Å². The lowest BCUT2D eigenvalue weighted by atomic mass is 9.98. The molecule has 0 aliphatic heterocycles. The lowest BCUT2D eigenvalue weighted by molar-refractivity contribution is -0.111. The average molecular weight is 439 g/mol. The number of allylic oxidation sites excluding steroid dienone is 1. The second-order valence-electron chi connectivity index (χ2n) is 7.28. The minimum Gasteiger partial charge on any atom is -0.394 e. The number of carbonyl (C=O) groups is 1. The van der Waals surface area contributed by atoms with Crippen LogP contribution in [0.3, 0.4) is 0 Å². The molecule has 2 aromatic rings. The van der Waals surface area contributed by atoms with Gasteiger partial charge in [-0.3, -0.25) is 9.48 Å². The Labute approximate surface area is 173 Å². The molecule has 2 N–H and O–H groups in total. The van der Waals surface area contributed by atoms with Crippen LogP contribution in [-0.4, -0.2) is 54.4 Å². The van der Waals surface area contributed by atoms with E-state index >= 15 is 0 Å². The fourth-order valence-electron chi connectivity index (χ4n) is 3.37. The van der Waals surface area contributed by atoms with Gasteiger partial charge in [0, 0.05) is 24.1 Å². The molecule has 0 unspecified atom stereocenters. The van der Waals surface area contributed by atoms with E-state index in [1.165, 1.54) is 35.0 Å².